The molecule has 2 rings (SSSR count). The van der Waals surface area contributed by atoms with E-state index >= 15 is 0 Å². The molecule has 1 aromatic carbocycles. The molecule has 112 valence electrons. The SMILES string of the molecule is COc1ccc(-c2cc(CO)c(=O)n(CC(C)C)n2)cc1. The maximum atomic E-state index is 12.1. The van der Waals surface area contributed by atoms with Gasteiger partial charge in [-0.1, -0.05) is 13.8 Å². The van der Waals surface area contributed by atoms with Gasteiger partial charge in [0.1, 0.15) is 5.75 Å². The maximum Gasteiger partial charge on any atom is 0.272 e. The number of aromatic nitrogens is 2. The highest BCUT2D eigenvalue weighted by atomic mass is 16.5. The molecule has 5 nitrogen and oxygen atoms in total. The average molecular weight is 288 g/mol. The van der Waals surface area contributed by atoms with Gasteiger partial charge in [-0.2, -0.15) is 5.10 Å². The molecular formula is C16H20N2O3. The third-order valence-corrected chi connectivity index (χ3v) is 3.14. The van der Waals surface area contributed by atoms with Gasteiger partial charge in [-0.05, 0) is 36.2 Å². The minimum absolute atomic E-state index is 0.233. The van der Waals surface area contributed by atoms with E-state index in [2.05, 4.69) is 5.10 Å². The Morgan fingerprint density at radius 2 is 1.95 bits per heavy atom. The van der Waals surface area contributed by atoms with E-state index < -0.39 is 0 Å². The molecule has 0 unspecified atom stereocenters. The summed E-state index contributed by atoms with van der Waals surface area (Å²) in [5.74, 6) is 1.06. The van der Waals surface area contributed by atoms with E-state index in [1.54, 1.807) is 13.2 Å². The maximum absolute atomic E-state index is 12.1. The number of aliphatic hydroxyl groups is 1. The zero-order valence-electron chi connectivity index (χ0n) is 12.5. The van der Waals surface area contributed by atoms with Crippen LogP contribution in [0.4, 0.5) is 0 Å². The Morgan fingerprint density at radius 1 is 1.29 bits per heavy atom. The van der Waals surface area contributed by atoms with Gasteiger partial charge >= 0.3 is 0 Å². The first kappa shape index (κ1) is 15.3. The Bertz CT molecular complexity index is 660. The third kappa shape index (κ3) is 3.49. The molecule has 0 bridgehead atoms. The fourth-order valence-corrected chi connectivity index (χ4v) is 2.08. The first-order valence-corrected chi connectivity index (χ1v) is 6.91. The van der Waals surface area contributed by atoms with E-state index in [0.717, 1.165) is 11.3 Å². The molecule has 1 aromatic heterocycles. The second-order valence-electron chi connectivity index (χ2n) is 5.32. The van der Waals surface area contributed by atoms with Crippen molar-refractivity contribution in [2.45, 2.75) is 27.0 Å². The lowest BCUT2D eigenvalue weighted by molar-refractivity contribution is 0.277. The number of hydrogen-bond acceptors (Lipinski definition) is 4. The minimum atomic E-state index is -0.289. The van der Waals surface area contributed by atoms with Gasteiger partial charge in [-0.3, -0.25) is 4.79 Å². The summed E-state index contributed by atoms with van der Waals surface area (Å²) in [4.78, 5) is 12.1. The van der Waals surface area contributed by atoms with Crippen LogP contribution < -0.4 is 10.3 Å². The topological polar surface area (TPSA) is 64.3 Å². The van der Waals surface area contributed by atoms with Gasteiger partial charge in [0, 0.05) is 17.7 Å². The van der Waals surface area contributed by atoms with Gasteiger partial charge in [0.25, 0.3) is 5.56 Å². The van der Waals surface area contributed by atoms with Crippen LogP contribution in [0.3, 0.4) is 0 Å². The normalized spacial score (nSPS) is 10.9. The highest BCUT2D eigenvalue weighted by Crippen LogP contribution is 2.20. The number of ether oxygens (including phenoxy) is 1. The fourth-order valence-electron chi connectivity index (χ4n) is 2.08. The van der Waals surface area contributed by atoms with Crippen molar-refractivity contribution in [3.05, 3.63) is 46.2 Å². The first-order chi connectivity index (χ1) is 10.0. The lowest BCUT2D eigenvalue weighted by Gasteiger charge is -2.12. The first-order valence-electron chi connectivity index (χ1n) is 6.91. The standard InChI is InChI=1S/C16H20N2O3/c1-11(2)9-18-16(20)13(10-19)8-15(17-18)12-4-6-14(21-3)7-5-12/h4-8,11,19H,9-10H2,1-3H3. The van der Waals surface area contributed by atoms with Gasteiger partial charge in [-0.25, -0.2) is 4.68 Å². The summed E-state index contributed by atoms with van der Waals surface area (Å²) in [6, 6.07) is 9.08. The van der Waals surface area contributed by atoms with Crippen molar-refractivity contribution in [2.75, 3.05) is 7.11 Å². The van der Waals surface area contributed by atoms with Crippen molar-refractivity contribution in [2.24, 2.45) is 5.92 Å². The molecule has 0 radical (unpaired) electrons. The Morgan fingerprint density at radius 3 is 2.48 bits per heavy atom. The Labute approximate surface area is 123 Å². The van der Waals surface area contributed by atoms with Gasteiger partial charge in [0.2, 0.25) is 0 Å². The van der Waals surface area contributed by atoms with Crippen molar-refractivity contribution in [3.8, 4) is 17.0 Å². The van der Waals surface area contributed by atoms with Crippen molar-refractivity contribution in [1.29, 1.82) is 0 Å². The van der Waals surface area contributed by atoms with Crippen LogP contribution >= 0.6 is 0 Å². The van der Waals surface area contributed by atoms with E-state index in [1.807, 2.05) is 38.1 Å². The quantitative estimate of drug-likeness (QED) is 0.914. The highest BCUT2D eigenvalue weighted by Gasteiger charge is 2.10. The number of methoxy groups -OCH3 is 1. The Kier molecular flexibility index (Phi) is 4.75. The summed E-state index contributed by atoms with van der Waals surface area (Å²) in [6.07, 6.45) is 0. The molecule has 0 amide bonds. The Hall–Kier alpha value is -2.14. The molecule has 0 aliphatic rings. The fraction of sp³-hybridized carbons (Fsp3) is 0.375. The summed E-state index contributed by atoms with van der Waals surface area (Å²) in [6.45, 7) is 4.28. The average Bonchev–Trinajstić information content (AvgIpc) is 2.49. The smallest absolute Gasteiger partial charge is 0.272 e. The summed E-state index contributed by atoms with van der Waals surface area (Å²) in [7, 11) is 1.61. The molecule has 5 heteroatoms. The molecule has 0 saturated carbocycles. The largest absolute Gasteiger partial charge is 0.497 e. The molecule has 1 heterocycles. The van der Waals surface area contributed by atoms with Crippen molar-refractivity contribution >= 4 is 0 Å². The number of benzene rings is 1. The van der Waals surface area contributed by atoms with E-state index in [0.29, 0.717) is 23.7 Å². The van der Waals surface area contributed by atoms with Crippen LogP contribution in [0.15, 0.2) is 35.1 Å². The van der Waals surface area contributed by atoms with Crippen molar-refractivity contribution < 1.29 is 9.84 Å². The predicted molar refractivity (Wildman–Crippen MR) is 81.2 cm³/mol. The van der Waals surface area contributed by atoms with Gasteiger partial charge in [-0.15, -0.1) is 0 Å². The molecule has 0 saturated heterocycles. The molecule has 0 atom stereocenters. The lowest BCUT2D eigenvalue weighted by atomic mass is 10.1. The van der Waals surface area contributed by atoms with Crippen LogP contribution in [0.2, 0.25) is 0 Å². The van der Waals surface area contributed by atoms with Crippen LogP contribution in [0.25, 0.3) is 11.3 Å². The summed E-state index contributed by atoms with van der Waals surface area (Å²) in [5.41, 5.74) is 1.67. The van der Waals surface area contributed by atoms with E-state index in [9.17, 15) is 9.90 Å². The van der Waals surface area contributed by atoms with Gasteiger partial charge in [0.15, 0.2) is 0 Å². The van der Waals surface area contributed by atoms with Gasteiger partial charge in [0.05, 0.1) is 19.4 Å². The molecule has 1 N–H and O–H groups in total. The van der Waals surface area contributed by atoms with E-state index in [1.165, 1.54) is 4.68 Å². The molecule has 0 aliphatic carbocycles. The molecule has 21 heavy (non-hydrogen) atoms. The number of aliphatic hydroxyl groups excluding tert-OH is 1. The molecule has 0 spiro atoms. The number of nitrogens with zero attached hydrogens (tertiary/aromatic N) is 2. The summed E-state index contributed by atoms with van der Waals surface area (Å²) < 4.78 is 6.56. The predicted octanol–water partition coefficient (Wildman–Crippen LogP) is 2.07. The minimum Gasteiger partial charge on any atom is -0.497 e. The molecular weight excluding hydrogens is 268 g/mol. The van der Waals surface area contributed by atoms with Crippen LogP contribution in [0, 0.1) is 5.92 Å². The number of rotatable bonds is 5. The third-order valence-electron chi connectivity index (χ3n) is 3.14. The van der Waals surface area contributed by atoms with Crippen molar-refractivity contribution in [3.63, 3.8) is 0 Å². The second-order valence-corrected chi connectivity index (χ2v) is 5.32. The van der Waals surface area contributed by atoms with Crippen LogP contribution in [0.1, 0.15) is 19.4 Å². The van der Waals surface area contributed by atoms with Crippen LogP contribution in [-0.2, 0) is 13.2 Å². The molecule has 2 aromatic rings. The van der Waals surface area contributed by atoms with Crippen molar-refractivity contribution in [1.82, 2.24) is 9.78 Å². The zero-order chi connectivity index (χ0) is 15.4. The summed E-state index contributed by atoms with van der Waals surface area (Å²) in [5, 5.41) is 13.8. The second kappa shape index (κ2) is 6.54. The monoisotopic (exact) mass is 288 g/mol. The van der Waals surface area contributed by atoms with Crippen LogP contribution in [0.5, 0.6) is 5.75 Å². The van der Waals surface area contributed by atoms with Crippen LogP contribution in [-0.4, -0.2) is 22.0 Å². The lowest BCUT2D eigenvalue weighted by Crippen LogP contribution is -2.28. The molecule has 0 aliphatic heterocycles. The zero-order valence-corrected chi connectivity index (χ0v) is 12.5. The number of hydrogen-bond donors (Lipinski definition) is 1. The Balaban J connectivity index is 2.49. The summed E-state index contributed by atoms with van der Waals surface area (Å²) >= 11 is 0. The van der Waals surface area contributed by atoms with E-state index in [-0.39, 0.29) is 12.2 Å². The van der Waals surface area contributed by atoms with Gasteiger partial charge < -0.3 is 9.84 Å². The van der Waals surface area contributed by atoms with E-state index in [4.69, 9.17) is 4.74 Å². The molecule has 0 fully saturated rings. The highest BCUT2D eigenvalue weighted by molar-refractivity contribution is 5.60.